The maximum atomic E-state index is 5.86. The molecule has 23 heavy (non-hydrogen) atoms. The Morgan fingerprint density at radius 1 is 1.04 bits per heavy atom. The third-order valence-electron chi connectivity index (χ3n) is 5.24. The highest BCUT2D eigenvalue weighted by Gasteiger charge is 2.30. The number of nitrogens with zero attached hydrogens (tertiary/aromatic N) is 1. The van der Waals surface area contributed by atoms with Crippen molar-refractivity contribution in [3.63, 3.8) is 0 Å². The van der Waals surface area contributed by atoms with Gasteiger partial charge in [-0.3, -0.25) is 4.90 Å². The molecule has 0 amide bonds. The molecular formula is C19H31N3O. The van der Waals surface area contributed by atoms with Gasteiger partial charge in [-0.15, -0.1) is 0 Å². The van der Waals surface area contributed by atoms with Crippen LogP contribution < -0.4 is 11.1 Å². The third kappa shape index (κ3) is 4.69. The normalized spacial score (nSPS) is 32.8. The van der Waals surface area contributed by atoms with Gasteiger partial charge < -0.3 is 15.8 Å². The fourth-order valence-electron chi connectivity index (χ4n) is 4.06. The van der Waals surface area contributed by atoms with E-state index < -0.39 is 0 Å². The second-order valence-electron chi connectivity index (χ2n) is 7.34. The first-order valence-electron chi connectivity index (χ1n) is 9.07. The smallest absolute Gasteiger partial charge is 0.0678 e. The summed E-state index contributed by atoms with van der Waals surface area (Å²) in [6.45, 7) is 7.53. The van der Waals surface area contributed by atoms with Crippen LogP contribution in [0.5, 0.6) is 0 Å². The summed E-state index contributed by atoms with van der Waals surface area (Å²) in [4.78, 5) is 2.66. The first-order valence-corrected chi connectivity index (χ1v) is 9.07. The SMILES string of the molecule is C[C@@H]1CN(C2CCC(NCc3ccc(N)cc3)CC2)C[C@H](C)O1. The molecule has 2 atom stereocenters. The largest absolute Gasteiger partial charge is 0.399 e. The Morgan fingerprint density at radius 3 is 2.26 bits per heavy atom. The molecule has 1 aliphatic carbocycles. The molecule has 128 valence electrons. The number of hydrogen-bond acceptors (Lipinski definition) is 4. The summed E-state index contributed by atoms with van der Waals surface area (Å²) < 4.78 is 5.86. The van der Waals surface area contributed by atoms with Crippen molar-refractivity contribution in [1.82, 2.24) is 10.2 Å². The van der Waals surface area contributed by atoms with Gasteiger partial charge in [-0.1, -0.05) is 12.1 Å². The monoisotopic (exact) mass is 317 g/mol. The number of morpholine rings is 1. The van der Waals surface area contributed by atoms with Crippen molar-refractivity contribution in [3.8, 4) is 0 Å². The van der Waals surface area contributed by atoms with Crippen LogP contribution in [-0.2, 0) is 11.3 Å². The van der Waals surface area contributed by atoms with Crippen LogP contribution in [0, 0.1) is 0 Å². The third-order valence-corrected chi connectivity index (χ3v) is 5.24. The molecule has 4 heteroatoms. The summed E-state index contributed by atoms with van der Waals surface area (Å²) in [5, 5.41) is 3.71. The van der Waals surface area contributed by atoms with Crippen LogP contribution in [0.25, 0.3) is 0 Å². The fraction of sp³-hybridized carbons (Fsp3) is 0.684. The van der Waals surface area contributed by atoms with Gasteiger partial charge >= 0.3 is 0 Å². The van der Waals surface area contributed by atoms with Crippen LogP contribution >= 0.6 is 0 Å². The molecule has 0 unspecified atom stereocenters. The summed E-state index contributed by atoms with van der Waals surface area (Å²) in [6.07, 6.45) is 5.91. The Morgan fingerprint density at radius 2 is 1.65 bits per heavy atom. The maximum Gasteiger partial charge on any atom is 0.0678 e. The average molecular weight is 317 g/mol. The van der Waals surface area contributed by atoms with Gasteiger partial charge in [0.1, 0.15) is 0 Å². The number of nitrogen functional groups attached to an aromatic ring is 1. The molecule has 1 aromatic rings. The summed E-state index contributed by atoms with van der Waals surface area (Å²) in [5.74, 6) is 0. The van der Waals surface area contributed by atoms with E-state index in [1.807, 2.05) is 12.1 Å². The van der Waals surface area contributed by atoms with Crippen molar-refractivity contribution in [1.29, 1.82) is 0 Å². The van der Waals surface area contributed by atoms with Crippen LogP contribution in [0.1, 0.15) is 45.1 Å². The number of nitrogens with one attached hydrogen (secondary N) is 1. The topological polar surface area (TPSA) is 50.5 Å². The second-order valence-corrected chi connectivity index (χ2v) is 7.34. The molecule has 1 saturated heterocycles. The van der Waals surface area contributed by atoms with E-state index >= 15 is 0 Å². The van der Waals surface area contributed by atoms with Crippen LogP contribution in [0.4, 0.5) is 5.69 Å². The Hall–Kier alpha value is -1.10. The quantitative estimate of drug-likeness (QED) is 0.839. The maximum absolute atomic E-state index is 5.86. The van der Waals surface area contributed by atoms with Crippen molar-refractivity contribution in [2.24, 2.45) is 0 Å². The van der Waals surface area contributed by atoms with Crippen molar-refractivity contribution in [3.05, 3.63) is 29.8 Å². The highest BCUT2D eigenvalue weighted by molar-refractivity contribution is 5.39. The van der Waals surface area contributed by atoms with E-state index in [2.05, 4.69) is 36.2 Å². The van der Waals surface area contributed by atoms with E-state index in [9.17, 15) is 0 Å². The summed E-state index contributed by atoms with van der Waals surface area (Å²) in [7, 11) is 0. The number of rotatable bonds is 4. The van der Waals surface area contributed by atoms with E-state index in [1.165, 1.54) is 31.2 Å². The first kappa shape index (κ1) is 16.7. The van der Waals surface area contributed by atoms with E-state index in [-0.39, 0.29) is 0 Å². The van der Waals surface area contributed by atoms with Gasteiger partial charge in [0.15, 0.2) is 0 Å². The Bertz CT molecular complexity index is 472. The molecule has 1 aliphatic heterocycles. The van der Waals surface area contributed by atoms with E-state index in [0.29, 0.717) is 18.2 Å². The van der Waals surface area contributed by atoms with E-state index in [0.717, 1.165) is 31.4 Å². The Labute approximate surface area is 140 Å². The highest BCUT2D eigenvalue weighted by atomic mass is 16.5. The molecule has 0 aromatic heterocycles. The lowest BCUT2D eigenvalue weighted by Crippen LogP contribution is -2.51. The molecule has 4 nitrogen and oxygen atoms in total. The van der Waals surface area contributed by atoms with Crippen LogP contribution in [-0.4, -0.2) is 42.3 Å². The van der Waals surface area contributed by atoms with Gasteiger partial charge in [0.2, 0.25) is 0 Å². The zero-order valence-electron chi connectivity index (χ0n) is 14.5. The lowest BCUT2D eigenvalue weighted by Gasteiger charge is -2.43. The van der Waals surface area contributed by atoms with Crippen molar-refractivity contribution in [2.75, 3.05) is 18.8 Å². The standard InChI is InChI=1S/C19H31N3O/c1-14-12-22(13-15(2)23-14)19-9-7-18(8-10-19)21-11-16-3-5-17(20)6-4-16/h3-6,14-15,18-19,21H,7-13,20H2,1-2H3/t14-,15+,18?,19?. The summed E-state index contributed by atoms with van der Waals surface area (Å²) in [6, 6.07) is 9.59. The molecule has 1 heterocycles. The molecule has 1 aromatic carbocycles. The van der Waals surface area contributed by atoms with E-state index in [1.54, 1.807) is 0 Å². The number of hydrogen-bond donors (Lipinski definition) is 2. The first-order chi connectivity index (χ1) is 11.1. The second kappa shape index (κ2) is 7.65. The van der Waals surface area contributed by atoms with Crippen LogP contribution in [0.3, 0.4) is 0 Å². The molecule has 3 N–H and O–H groups in total. The Kier molecular flexibility index (Phi) is 5.57. The van der Waals surface area contributed by atoms with Crippen molar-refractivity contribution in [2.45, 2.75) is 70.4 Å². The number of ether oxygens (including phenoxy) is 1. The molecule has 0 bridgehead atoms. The van der Waals surface area contributed by atoms with Gasteiger partial charge in [-0.05, 0) is 57.2 Å². The molecule has 0 radical (unpaired) electrons. The van der Waals surface area contributed by atoms with Crippen LogP contribution in [0.15, 0.2) is 24.3 Å². The molecular weight excluding hydrogens is 286 g/mol. The summed E-state index contributed by atoms with van der Waals surface area (Å²) >= 11 is 0. The summed E-state index contributed by atoms with van der Waals surface area (Å²) in [5.41, 5.74) is 7.89. The predicted molar refractivity (Wildman–Crippen MR) is 95.3 cm³/mol. The number of anilines is 1. The molecule has 2 aliphatic rings. The zero-order chi connectivity index (χ0) is 16.2. The predicted octanol–water partition coefficient (Wildman–Crippen LogP) is 2.78. The molecule has 3 rings (SSSR count). The van der Waals surface area contributed by atoms with Gasteiger partial charge in [-0.2, -0.15) is 0 Å². The van der Waals surface area contributed by atoms with E-state index in [4.69, 9.17) is 10.5 Å². The zero-order valence-corrected chi connectivity index (χ0v) is 14.5. The minimum absolute atomic E-state index is 0.375. The highest BCUT2D eigenvalue weighted by Crippen LogP contribution is 2.26. The van der Waals surface area contributed by atoms with Crippen molar-refractivity contribution >= 4 is 5.69 Å². The van der Waals surface area contributed by atoms with Gasteiger partial charge in [-0.25, -0.2) is 0 Å². The number of benzene rings is 1. The van der Waals surface area contributed by atoms with Crippen LogP contribution in [0.2, 0.25) is 0 Å². The van der Waals surface area contributed by atoms with Crippen molar-refractivity contribution < 1.29 is 4.74 Å². The number of nitrogens with two attached hydrogens (primary N) is 1. The Balaban J connectivity index is 1.42. The average Bonchev–Trinajstić information content (AvgIpc) is 2.54. The molecule has 1 saturated carbocycles. The lowest BCUT2D eigenvalue weighted by atomic mass is 9.89. The van der Waals surface area contributed by atoms with Gasteiger partial charge in [0.25, 0.3) is 0 Å². The van der Waals surface area contributed by atoms with Gasteiger partial charge in [0.05, 0.1) is 12.2 Å². The molecule has 2 fully saturated rings. The minimum Gasteiger partial charge on any atom is -0.399 e. The minimum atomic E-state index is 0.375. The fourth-order valence-corrected chi connectivity index (χ4v) is 4.06. The lowest BCUT2D eigenvalue weighted by molar-refractivity contribution is -0.0846. The van der Waals surface area contributed by atoms with Gasteiger partial charge in [0, 0.05) is 37.4 Å². The molecule has 0 spiro atoms.